The smallest absolute Gasteiger partial charge is 0.243 e. The fourth-order valence-corrected chi connectivity index (χ4v) is 6.40. The molecule has 2 aromatic rings. The van der Waals surface area contributed by atoms with Gasteiger partial charge in [0.05, 0.1) is 11.0 Å². The van der Waals surface area contributed by atoms with Crippen molar-refractivity contribution in [3.05, 3.63) is 54.1 Å². The second kappa shape index (κ2) is 9.82. The Morgan fingerprint density at radius 2 is 1.74 bits per heavy atom. The lowest BCUT2D eigenvalue weighted by molar-refractivity contribution is 0.0604. The third-order valence-electron chi connectivity index (χ3n) is 6.89. The first kappa shape index (κ1) is 22.5. The van der Waals surface area contributed by atoms with E-state index in [2.05, 4.69) is 24.0 Å². The Kier molecular flexibility index (Phi) is 7.12. The topological polar surface area (TPSA) is 49.9 Å². The first-order valence-electron chi connectivity index (χ1n) is 11.4. The van der Waals surface area contributed by atoms with E-state index in [1.807, 2.05) is 30.3 Å². The molecule has 5 nitrogen and oxygen atoms in total. The number of benzene rings is 2. The molecule has 0 saturated carbocycles. The van der Waals surface area contributed by atoms with Gasteiger partial charge < -0.3 is 9.64 Å². The number of nitrogens with zero attached hydrogens (tertiary/aromatic N) is 2. The first-order valence-corrected chi connectivity index (χ1v) is 12.9. The van der Waals surface area contributed by atoms with E-state index in [-0.39, 0.29) is 6.10 Å². The predicted molar refractivity (Wildman–Crippen MR) is 125 cm³/mol. The van der Waals surface area contributed by atoms with E-state index in [0.29, 0.717) is 24.0 Å². The lowest BCUT2D eigenvalue weighted by Gasteiger charge is -2.30. The van der Waals surface area contributed by atoms with Gasteiger partial charge in [-0.15, -0.1) is 0 Å². The van der Waals surface area contributed by atoms with Gasteiger partial charge in [-0.3, -0.25) is 0 Å². The van der Waals surface area contributed by atoms with Crippen molar-refractivity contribution in [2.45, 2.75) is 56.1 Å². The molecular weight excluding hydrogens is 408 g/mol. The van der Waals surface area contributed by atoms with Crippen molar-refractivity contribution in [2.24, 2.45) is 0 Å². The summed E-state index contributed by atoms with van der Waals surface area (Å²) >= 11 is 0. The molecule has 0 N–H and O–H groups in total. The molecule has 2 heterocycles. The molecule has 0 aromatic heterocycles. The van der Waals surface area contributed by atoms with Gasteiger partial charge in [0.25, 0.3) is 0 Å². The molecule has 4 rings (SSSR count). The summed E-state index contributed by atoms with van der Waals surface area (Å²) in [5.41, 5.74) is 3.37. The lowest BCUT2D eigenvalue weighted by atomic mass is 9.97. The van der Waals surface area contributed by atoms with E-state index >= 15 is 0 Å². The van der Waals surface area contributed by atoms with Crippen LogP contribution in [0.3, 0.4) is 0 Å². The second-order valence-electron chi connectivity index (χ2n) is 8.80. The van der Waals surface area contributed by atoms with Gasteiger partial charge in [-0.1, -0.05) is 36.4 Å². The van der Waals surface area contributed by atoms with Crippen LogP contribution in [0.25, 0.3) is 11.1 Å². The Morgan fingerprint density at radius 1 is 1.00 bits per heavy atom. The zero-order valence-corrected chi connectivity index (χ0v) is 19.5. The summed E-state index contributed by atoms with van der Waals surface area (Å²) in [7, 11) is -1.80. The number of ether oxygens (including phenoxy) is 1. The molecule has 2 fully saturated rings. The Hall–Kier alpha value is -1.73. The highest BCUT2D eigenvalue weighted by Gasteiger charge is 2.30. The number of piperidine rings is 1. The second-order valence-corrected chi connectivity index (χ2v) is 10.7. The maximum absolute atomic E-state index is 13.4. The Balaban J connectivity index is 1.61. The summed E-state index contributed by atoms with van der Waals surface area (Å²) in [6.45, 7) is 5.41. The molecular formula is C25H34N2O3S. The zero-order valence-electron chi connectivity index (χ0n) is 18.7. The largest absolute Gasteiger partial charge is 0.381 e. The van der Waals surface area contributed by atoms with Crippen LogP contribution in [-0.4, -0.2) is 63.1 Å². The monoisotopic (exact) mass is 442 g/mol. The minimum absolute atomic E-state index is 0.157. The Morgan fingerprint density at radius 3 is 2.39 bits per heavy atom. The van der Waals surface area contributed by atoms with Crippen molar-refractivity contribution in [3.8, 4) is 11.1 Å². The molecule has 0 spiro atoms. The lowest BCUT2D eigenvalue weighted by Crippen LogP contribution is -2.40. The summed E-state index contributed by atoms with van der Waals surface area (Å²) in [5.74, 6) is 0. The summed E-state index contributed by atoms with van der Waals surface area (Å²) < 4.78 is 33.8. The first-order chi connectivity index (χ1) is 15.0. The normalized spacial score (nSPS) is 21.5. The van der Waals surface area contributed by atoms with Crippen LogP contribution in [0.2, 0.25) is 0 Å². The predicted octanol–water partition coefficient (Wildman–Crippen LogP) is 4.18. The van der Waals surface area contributed by atoms with Crippen LogP contribution in [0.1, 0.15) is 38.2 Å². The quantitative estimate of drug-likeness (QED) is 0.646. The van der Waals surface area contributed by atoms with Gasteiger partial charge in [0.2, 0.25) is 10.0 Å². The van der Waals surface area contributed by atoms with E-state index in [0.717, 1.165) is 49.0 Å². The van der Waals surface area contributed by atoms with Crippen LogP contribution in [0, 0.1) is 0 Å². The fourth-order valence-electron chi connectivity index (χ4n) is 4.88. The van der Waals surface area contributed by atoms with Crippen LogP contribution in [0.15, 0.2) is 53.4 Å². The van der Waals surface area contributed by atoms with Crippen molar-refractivity contribution in [2.75, 3.05) is 33.3 Å². The molecule has 2 aromatic carbocycles. The number of methoxy groups -OCH3 is 1. The molecule has 6 heteroatoms. The average molecular weight is 443 g/mol. The third-order valence-corrected chi connectivity index (χ3v) is 8.79. The van der Waals surface area contributed by atoms with Crippen LogP contribution < -0.4 is 0 Å². The summed E-state index contributed by atoms with van der Waals surface area (Å²) in [6.07, 6.45) is 5.00. The molecule has 0 aliphatic carbocycles. The SMILES string of the molecule is COC1CCN(S(=O)(=O)c2ccc(-c3ccccc3)c(CCN3CCCC3C)c2)CC1. The van der Waals surface area contributed by atoms with E-state index in [1.54, 1.807) is 17.5 Å². The Labute approximate surface area is 187 Å². The van der Waals surface area contributed by atoms with Crippen molar-refractivity contribution >= 4 is 10.0 Å². The average Bonchev–Trinajstić information content (AvgIpc) is 3.22. The van der Waals surface area contributed by atoms with Gasteiger partial charge in [-0.05, 0) is 74.4 Å². The van der Waals surface area contributed by atoms with Crippen LogP contribution in [-0.2, 0) is 21.2 Å². The van der Waals surface area contributed by atoms with Crippen LogP contribution in [0.4, 0.5) is 0 Å². The molecule has 0 radical (unpaired) electrons. The van der Waals surface area contributed by atoms with Gasteiger partial charge in [0.1, 0.15) is 0 Å². The summed E-state index contributed by atoms with van der Waals surface area (Å²) in [4.78, 5) is 2.93. The summed E-state index contributed by atoms with van der Waals surface area (Å²) in [6, 6.07) is 16.6. The molecule has 2 saturated heterocycles. The van der Waals surface area contributed by atoms with E-state index in [9.17, 15) is 8.42 Å². The minimum Gasteiger partial charge on any atom is -0.381 e. The van der Waals surface area contributed by atoms with E-state index < -0.39 is 10.0 Å². The molecule has 1 unspecified atom stereocenters. The van der Waals surface area contributed by atoms with Crippen molar-refractivity contribution in [1.29, 1.82) is 0 Å². The maximum Gasteiger partial charge on any atom is 0.243 e. The number of rotatable bonds is 7. The van der Waals surface area contributed by atoms with Crippen molar-refractivity contribution < 1.29 is 13.2 Å². The standard InChI is InChI=1S/C25H34N2O3S/c1-20-7-6-15-26(20)16-12-22-19-24(10-11-25(22)21-8-4-3-5-9-21)31(28,29)27-17-13-23(30-2)14-18-27/h3-5,8-11,19-20,23H,6-7,12-18H2,1-2H3. The minimum atomic E-state index is -3.50. The van der Waals surface area contributed by atoms with Gasteiger partial charge in [-0.25, -0.2) is 8.42 Å². The molecule has 168 valence electrons. The number of hydrogen-bond acceptors (Lipinski definition) is 4. The molecule has 1 atom stereocenters. The molecule has 0 amide bonds. The van der Waals surface area contributed by atoms with Gasteiger partial charge >= 0.3 is 0 Å². The highest BCUT2D eigenvalue weighted by atomic mass is 32.2. The molecule has 31 heavy (non-hydrogen) atoms. The molecule has 2 aliphatic heterocycles. The number of hydrogen-bond donors (Lipinski definition) is 0. The molecule has 2 aliphatic rings. The highest BCUT2D eigenvalue weighted by Crippen LogP contribution is 2.30. The van der Waals surface area contributed by atoms with Crippen LogP contribution >= 0.6 is 0 Å². The summed E-state index contributed by atoms with van der Waals surface area (Å²) in [5, 5.41) is 0. The number of likely N-dealkylation sites (tertiary alicyclic amines) is 1. The van der Waals surface area contributed by atoms with E-state index in [1.165, 1.54) is 12.8 Å². The highest BCUT2D eigenvalue weighted by molar-refractivity contribution is 7.89. The van der Waals surface area contributed by atoms with Gasteiger partial charge in [0.15, 0.2) is 0 Å². The zero-order chi connectivity index (χ0) is 21.8. The molecule has 0 bridgehead atoms. The van der Waals surface area contributed by atoms with Gasteiger partial charge in [0, 0.05) is 32.8 Å². The fraction of sp³-hybridized carbons (Fsp3) is 0.520. The number of sulfonamides is 1. The van der Waals surface area contributed by atoms with Crippen LogP contribution in [0.5, 0.6) is 0 Å². The maximum atomic E-state index is 13.4. The van der Waals surface area contributed by atoms with Crippen molar-refractivity contribution in [1.82, 2.24) is 9.21 Å². The third kappa shape index (κ3) is 5.03. The Bertz CT molecular complexity index is 970. The van der Waals surface area contributed by atoms with E-state index in [4.69, 9.17) is 4.74 Å². The van der Waals surface area contributed by atoms with Crippen molar-refractivity contribution in [3.63, 3.8) is 0 Å². The van der Waals surface area contributed by atoms with Gasteiger partial charge in [-0.2, -0.15) is 4.31 Å².